The number of anilines is 1. The Kier molecular flexibility index (Phi) is 8.11. The number of carbonyl (C=O) groups excluding carboxylic acids is 2. The molecule has 0 saturated carbocycles. The predicted molar refractivity (Wildman–Crippen MR) is 147 cm³/mol. The van der Waals surface area contributed by atoms with E-state index in [9.17, 15) is 9.59 Å². The zero-order valence-electron chi connectivity index (χ0n) is 22.3. The topological polar surface area (TPSA) is 81.2 Å². The van der Waals surface area contributed by atoms with Crippen molar-refractivity contribution >= 4 is 29.4 Å². The van der Waals surface area contributed by atoms with Gasteiger partial charge >= 0.3 is 12.1 Å². The molecule has 0 aliphatic carbocycles. The maximum absolute atomic E-state index is 12.4. The first-order valence-corrected chi connectivity index (χ1v) is 12.8. The lowest BCUT2D eigenvalue weighted by Crippen LogP contribution is -2.50. The summed E-state index contributed by atoms with van der Waals surface area (Å²) in [6.45, 7) is 10.2. The van der Waals surface area contributed by atoms with Crippen LogP contribution in [0.15, 0.2) is 54.9 Å². The first-order valence-electron chi connectivity index (χ1n) is 12.4. The van der Waals surface area contributed by atoms with Gasteiger partial charge in [0, 0.05) is 43.6 Å². The van der Waals surface area contributed by atoms with Gasteiger partial charge in [0.2, 0.25) is 0 Å². The molecule has 0 radical (unpaired) electrons. The maximum Gasteiger partial charge on any atom is 0.410 e. The van der Waals surface area contributed by atoms with Gasteiger partial charge < -0.3 is 24.0 Å². The minimum Gasteiger partial charge on any atom is -0.465 e. The van der Waals surface area contributed by atoms with E-state index in [4.69, 9.17) is 25.8 Å². The number of benzene rings is 2. The van der Waals surface area contributed by atoms with E-state index in [1.54, 1.807) is 35.5 Å². The van der Waals surface area contributed by atoms with Gasteiger partial charge in [0.1, 0.15) is 16.9 Å². The third-order valence-electron chi connectivity index (χ3n) is 6.14. The quantitative estimate of drug-likeness (QED) is 0.351. The molecule has 1 aliphatic rings. The van der Waals surface area contributed by atoms with Crippen LogP contribution in [-0.4, -0.2) is 60.8 Å². The van der Waals surface area contributed by atoms with E-state index in [1.807, 2.05) is 39.8 Å². The second-order valence-corrected chi connectivity index (χ2v) is 10.4. The van der Waals surface area contributed by atoms with Crippen molar-refractivity contribution in [3.8, 4) is 22.6 Å². The Morgan fingerprint density at radius 1 is 0.947 bits per heavy atom. The summed E-state index contributed by atoms with van der Waals surface area (Å²) in [6, 6.07) is 13.2. The van der Waals surface area contributed by atoms with Crippen LogP contribution in [-0.2, 0) is 9.47 Å². The van der Waals surface area contributed by atoms with Gasteiger partial charge in [-0.3, -0.25) is 4.98 Å². The Hall–Kier alpha value is -3.78. The van der Waals surface area contributed by atoms with Crippen LogP contribution in [0, 0.1) is 6.92 Å². The van der Waals surface area contributed by atoms with Crippen molar-refractivity contribution in [2.75, 3.05) is 38.2 Å². The molecule has 2 heterocycles. The van der Waals surface area contributed by atoms with Crippen LogP contribution in [0.2, 0.25) is 5.02 Å². The van der Waals surface area contributed by atoms with Gasteiger partial charge in [-0.1, -0.05) is 29.8 Å². The van der Waals surface area contributed by atoms with E-state index in [0.717, 1.165) is 22.4 Å². The van der Waals surface area contributed by atoms with E-state index in [0.29, 0.717) is 31.9 Å². The highest BCUT2D eigenvalue weighted by molar-refractivity contribution is 6.34. The largest absolute Gasteiger partial charge is 0.465 e. The highest BCUT2D eigenvalue weighted by atomic mass is 35.5. The van der Waals surface area contributed by atoms with E-state index in [2.05, 4.69) is 22.0 Å². The van der Waals surface area contributed by atoms with Gasteiger partial charge in [0.05, 0.1) is 18.3 Å². The fraction of sp³-hybridized carbons (Fsp3) is 0.345. The normalized spacial score (nSPS) is 13.7. The summed E-state index contributed by atoms with van der Waals surface area (Å²) in [5, 5.41) is 0.243. The number of carbonyl (C=O) groups is 2. The lowest BCUT2D eigenvalue weighted by molar-refractivity contribution is 0.0240. The van der Waals surface area contributed by atoms with Crippen LogP contribution >= 0.6 is 11.6 Å². The molecule has 200 valence electrons. The molecule has 0 unspecified atom stereocenters. The molecule has 0 bridgehead atoms. The Balaban J connectivity index is 1.53. The van der Waals surface area contributed by atoms with Gasteiger partial charge in [-0.05, 0) is 63.1 Å². The van der Waals surface area contributed by atoms with Gasteiger partial charge in [-0.15, -0.1) is 0 Å². The second-order valence-electron chi connectivity index (χ2n) is 10.0. The van der Waals surface area contributed by atoms with Crippen LogP contribution in [0.25, 0.3) is 11.1 Å². The first-order chi connectivity index (χ1) is 18.1. The van der Waals surface area contributed by atoms with Crippen molar-refractivity contribution in [1.29, 1.82) is 0 Å². The number of rotatable bonds is 5. The maximum atomic E-state index is 12.4. The number of methoxy groups -OCH3 is 1. The summed E-state index contributed by atoms with van der Waals surface area (Å²) in [5.41, 5.74) is 3.43. The molecule has 1 amide bonds. The lowest BCUT2D eigenvalue weighted by Gasteiger charge is -2.36. The van der Waals surface area contributed by atoms with E-state index in [1.165, 1.54) is 7.11 Å². The second kappa shape index (κ2) is 11.3. The fourth-order valence-corrected chi connectivity index (χ4v) is 4.55. The fourth-order valence-electron chi connectivity index (χ4n) is 4.31. The molecule has 1 fully saturated rings. The molecular formula is C29H32ClN3O5. The standard InChI is InChI=1S/C29H32ClN3O5/c1-19-17-31-18-24(37-23-8-6-7-22(30)26(23)27(34)36-5)25(19)20-9-11-21(12-10-20)32-13-15-33(16-14-32)28(35)38-29(2,3)4/h6-12,17-18H,13-16H2,1-5H3. The summed E-state index contributed by atoms with van der Waals surface area (Å²) in [5.74, 6) is 0.206. The average molecular weight is 538 g/mol. The minimum atomic E-state index is -0.580. The van der Waals surface area contributed by atoms with Gasteiger partial charge in [-0.2, -0.15) is 0 Å². The zero-order chi connectivity index (χ0) is 27.4. The monoisotopic (exact) mass is 537 g/mol. The summed E-state index contributed by atoms with van der Waals surface area (Å²) in [7, 11) is 1.30. The number of esters is 1. The van der Waals surface area contributed by atoms with Crippen LogP contribution < -0.4 is 9.64 Å². The van der Waals surface area contributed by atoms with Gasteiger partial charge in [0.15, 0.2) is 5.75 Å². The van der Waals surface area contributed by atoms with Crippen molar-refractivity contribution in [3.05, 3.63) is 71.0 Å². The average Bonchev–Trinajstić information content (AvgIpc) is 2.88. The molecule has 38 heavy (non-hydrogen) atoms. The summed E-state index contributed by atoms with van der Waals surface area (Å²) >= 11 is 6.27. The Labute approximate surface area is 228 Å². The molecule has 8 nitrogen and oxygen atoms in total. The SMILES string of the molecule is COC(=O)c1c(Cl)cccc1Oc1cncc(C)c1-c1ccc(N2CCN(C(=O)OC(C)(C)C)CC2)cc1. The first kappa shape index (κ1) is 27.3. The molecule has 3 aromatic rings. The van der Waals surface area contributed by atoms with Gasteiger partial charge in [0.25, 0.3) is 0 Å². The third-order valence-corrected chi connectivity index (χ3v) is 6.45. The molecule has 9 heteroatoms. The number of hydrogen-bond donors (Lipinski definition) is 0. The minimum absolute atomic E-state index is 0.157. The zero-order valence-corrected chi connectivity index (χ0v) is 23.0. The van der Waals surface area contributed by atoms with E-state index >= 15 is 0 Å². The van der Waals surface area contributed by atoms with Crippen molar-refractivity contribution in [3.63, 3.8) is 0 Å². The Bertz CT molecular complexity index is 1310. The number of piperazine rings is 1. The van der Waals surface area contributed by atoms with Gasteiger partial charge in [-0.25, -0.2) is 9.59 Å². The molecule has 0 N–H and O–H groups in total. The number of aromatic nitrogens is 1. The van der Waals surface area contributed by atoms with Crippen molar-refractivity contribution in [1.82, 2.24) is 9.88 Å². The molecule has 0 spiro atoms. The number of halogens is 1. The van der Waals surface area contributed by atoms with E-state index < -0.39 is 11.6 Å². The molecule has 1 aliphatic heterocycles. The molecule has 0 atom stereocenters. The summed E-state index contributed by atoms with van der Waals surface area (Å²) in [6.07, 6.45) is 3.11. The molecule has 1 saturated heterocycles. The lowest BCUT2D eigenvalue weighted by atomic mass is 10.0. The van der Waals surface area contributed by atoms with Crippen molar-refractivity contribution < 1.29 is 23.8 Å². The number of pyridine rings is 1. The summed E-state index contributed by atoms with van der Waals surface area (Å²) < 4.78 is 16.6. The molecule has 1 aromatic heterocycles. The molecule has 4 rings (SSSR count). The molecule has 2 aromatic carbocycles. The highest BCUT2D eigenvalue weighted by Crippen LogP contribution is 2.38. The predicted octanol–water partition coefficient (Wildman–Crippen LogP) is 6.35. The summed E-state index contributed by atoms with van der Waals surface area (Å²) in [4.78, 5) is 33.0. The van der Waals surface area contributed by atoms with Crippen LogP contribution in [0.1, 0.15) is 36.7 Å². The number of aryl methyl sites for hydroxylation is 1. The van der Waals surface area contributed by atoms with E-state index in [-0.39, 0.29) is 22.4 Å². The smallest absolute Gasteiger partial charge is 0.410 e. The molecular weight excluding hydrogens is 506 g/mol. The Morgan fingerprint density at radius 2 is 1.63 bits per heavy atom. The van der Waals surface area contributed by atoms with Crippen molar-refractivity contribution in [2.24, 2.45) is 0 Å². The number of nitrogens with zero attached hydrogens (tertiary/aromatic N) is 3. The van der Waals surface area contributed by atoms with Crippen LogP contribution in [0.3, 0.4) is 0 Å². The number of amides is 1. The highest BCUT2D eigenvalue weighted by Gasteiger charge is 2.26. The van der Waals surface area contributed by atoms with Crippen LogP contribution in [0.5, 0.6) is 11.5 Å². The number of ether oxygens (including phenoxy) is 3. The number of hydrogen-bond acceptors (Lipinski definition) is 7. The third kappa shape index (κ3) is 6.19. The van der Waals surface area contributed by atoms with Crippen molar-refractivity contribution in [2.45, 2.75) is 33.3 Å². The van der Waals surface area contributed by atoms with Crippen LogP contribution in [0.4, 0.5) is 10.5 Å². The Morgan fingerprint density at radius 3 is 2.26 bits per heavy atom.